The van der Waals surface area contributed by atoms with E-state index >= 15 is 0 Å². The normalized spacial score (nSPS) is 19.4. The van der Waals surface area contributed by atoms with Crippen LogP contribution in [0.25, 0.3) is 11.1 Å². The van der Waals surface area contributed by atoms with Crippen molar-refractivity contribution in [2.75, 3.05) is 22.1 Å². The molecule has 8 heteroatoms. The van der Waals surface area contributed by atoms with Crippen molar-refractivity contribution >= 4 is 29.1 Å². The Morgan fingerprint density at radius 2 is 2.00 bits per heavy atom. The van der Waals surface area contributed by atoms with E-state index in [0.717, 1.165) is 24.0 Å². The molecule has 8 nitrogen and oxygen atoms in total. The molecular weight excluding hydrogens is 334 g/mol. The Balaban J connectivity index is 1.84. The lowest BCUT2D eigenvalue weighted by atomic mass is 10.0. The number of hydrogen-bond acceptors (Lipinski definition) is 4. The van der Waals surface area contributed by atoms with Crippen molar-refractivity contribution in [3.8, 4) is 11.1 Å². The molecule has 1 aliphatic heterocycles. The van der Waals surface area contributed by atoms with Crippen LogP contribution in [0.15, 0.2) is 24.5 Å². The predicted molar refractivity (Wildman–Crippen MR) is 98.3 cm³/mol. The van der Waals surface area contributed by atoms with Gasteiger partial charge in [-0.15, -0.1) is 0 Å². The summed E-state index contributed by atoms with van der Waals surface area (Å²) in [7, 11) is 0. The summed E-state index contributed by atoms with van der Waals surface area (Å²) in [5, 5.41) is 14.0. The number of anilines is 3. The maximum absolute atomic E-state index is 12.1. The van der Waals surface area contributed by atoms with Crippen molar-refractivity contribution in [3.05, 3.63) is 24.5 Å². The second-order valence-corrected chi connectivity index (χ2v) is 7.00. The molecule has 2 aromatic rings. The van der Waals surface area contributed by atoms with Gasteiger partial charge in [0.1, 0.15) is 0 Å². The van der Waals surface area contributed by atoms with Gasteiger partial charge in [0.2, 0.25) is 5.91 Å². The maximum atomic E-state index is 12.1. The van der Waals surface area contributed by atoms with Gasteiger partial charge in [-0.2, -0.15) is 5.10 Å². The molecule has 1 aromatic heterocycles. The second-order valence-electron chi connectivity index (χ2n) is 7.00. The molecule has 0 saturated heterocycles. The van der Waals surface area contributed by atoms with Gasteiger partial charge in [-0.05, 0) is 31.9 Å². The molecule has 0 spiro atoms. The molecule has 1 saturated carbocycles. The number of benzene rings is 1. The lowest BCUT2D eigenvalue weighted by Crippen LogP contribution is -2.51. The zero-order valence-electron chi connectivity index (χ0n) is 14.7. The monoisotopic (exact) mass is 355 g/mol. The first-order valence-corrected chi connectivity index (χ1v) is 8.65. The van der Waals surface area contributed by atoms with Crippen molar-refractivity contribution in [2.45, 2.75) is 38.8 Å². The van der Waals surface area contributed by atoms with E-state index in [9.17, 15) is 14.7 Å². The van der Waals surface area contributed by atoms with E-state index in [2.05, 4.69) is 5.10 Å². The summed E-state index contributed by atoms with van der Waals surface area (Å²) in [6.45, 7) is 3.51. The van der Waals surface area contributed by atoms with Crippen LogP contribution in [0.4, 0.5) is 21.9 Å². The highest BCUT2D eigenvalue weighted by Crippen LogP contribution is 2.42. The zero-order valence-corrected chi connectivity index (χ0v) is 14.7. The Bertz CT molecular complexity index is 902. The summed E-state index contributed by atoms with van der Waals surface area (Å²) in [5.74, 6) is -0.141. The maximum Gasteiger partial charge on any atom is 0.411 e. The number of carboxylic acid groups (broad SMARTS) is 1. The van der Waals surface area contributed by atoms with E-state index in [-0.39, 0.29) is 18.5 Å². The third kappa shape index (κ3) is 2.58. The largest absolute Gasteiger partial charge is 0.465 e. The van der Waals surface area contributed by atoms with Crippen LogP contribution in [-0.2, 0) is 4.79 Å². The summed E-state index contributed by atoms with van der Waals surface area (Å²) in [6, 6.07) is 3.62. The first-order chi connectivity index (χ1) is 12.4. The molecule has 2 heterocycles. The van der Waals surface area contributed by atoms with E-state index in [0.29, 0.717) is 23.1 Å². The average molecular weight is 355 g/mol. The number of hydrogen-bond donors (Lipinski definition) is 2. The molecule has 1 aliphatic carbocycles. The molecule has 1 aromatic carbocycles. The summed E-state index contributed by atoms with van der Waals surface area (Å²) in [4.78, 5) is 26.7. The summed E-state index contributed by atoms with van der Waals surface area (Å²) in [5.41, 5.74) is 9.31. The summed E-state index contributed by atoms with van der Waals surface area (Å²) >= 11 is 0. The van der Waals surface area contributed by atoms with Crippen LogP contribution in [0.2, 0.25) is 0 Å². The minimum absolute atomic E-state index is 0.141. The van der Waals surface area contributed by atoms with Gasteiger partial charge < -0.3 is 15.7 Å². The smallest absolute Gasteiger partial charge is 0.411 e. The molecule has 4 rings (SSSR count). The van der Waals surface area contributed by atoms with E-state index in [1.165, 1.54) is 11.8 Å². The van der Waals surface area contributed by atoms with Crippen molar-refractivity contribution in [1.29, 1.82) is 0 Å². The second kappa shape index (κ2) is 5.76. The van der Waals surface area contributed by atoms with Crippen LogP contribution in [0.1, 0.15) is 32.7 Å². The number of nitrogens with two attached hydrogens (primary N) is 1. The minimum atomic E-state index is -1.05. The Morgan fingerprint density at radius 3 is 2.62 bits per heavy atom. The topological polar surface area (TPSA) is 105 Å². The van der Waals surface area contributed by atoms with E-state index in [1.54, 1.807) is 23.2 Å². The van der Waals surface area contributed by atoms with Crippen LogP contribution in [-0.4, -0.2) is 39.5 Å². The SMILES string of the molecule is CC(=O)N1c2cc(N)c(-c3cnn(C4CC4)c3)cc2N(C(=O)O)C[C@@H]1C. The number of carbonyl (C=O) groups excluding carboxylic acids is 1. The van der Waals surface area contributed by atoms with Crippen molar-refractivity contribution < 1.29 is 14.7 Å². The number of fused-ring (bicyclic) bond motifs is 1. The molecule has 2 aliphatic rings. The van der Waals surface area contributed by atoms with Crippen LogP contribution in [0, 0.1) is 0 Å². The third-order valence-corrected chi connectivity index (χ3v) is 4.99. The van der Waals surface area contributed by atoms with E-state index in [1.807, 2.05) is 17.8 Å². The van der Waals surface area contributed by atoms with Crippen LogP contribution in [0.5, 0.6) is 0 Å². The van der Waals surface area contributed by atoms with Crippen molar-refractivity contribution in [3.63, 3.8) is 0 Å². The number of amides is 2. The van der Waals surface area contributed by atoms with Gasteiger partial charge in [0.05, 0.1) is 29.7 Å². The van der Waals surface area contributed by atoms with Gasteiger partial charge in [0, 0.05) is 36.5 Å². The van der Waals surface area contributed by atoms with Gasteiger partial charge in [0.15, 0.2) is 0 Å². The number of nitrogen functional groups attached to an aromatic ring is 1. The van der Waals surface area contributed by atoms with Gasteiger partial charge in [-0.3, -0.25) is 14.4 Å². The highest BCUT2D eigenvalue weighted by Gasteiger charge is 2.34. The predicted octanol–water partition coefficient (Wildman–Crippen LogP) is 2.71. The van der Waals surface area contributed by atoms with Gasteiger partial charge in [0.25, 0.3) is 0 Å². The molecule has 26 heavy (non-hydrogen) atoms. The van der Waals surface area contributed by atoms with Crippen LogP contribution < -0.4 is 15.5 Å². The molecule has 1 atom stereocenters. The van der Waals surface area contributed by atoms with Crippen molar-refractivity contribution in [2.24, 2.45) is 0 Å². The number of rotatable bonds is 2. The Morgan fingerprint density at radius 1 is 1.27 bits per heavy atom. The van der Waals surface area contributed by atoms with Crippen molar-refractivity contribution in [1.82, 2.24) is 9.78 Å². The van der Waals surface area contributed by atoms with Gasteiger partial charge in [-0.25, -0.2) is 4.79 Å². The lowest BCUT2D eigenvalue weighted by molar-refractivity contribution is -0.117. The molecule has 3 N–H and O–H groups in total. The summed E-state index contributed by atoms with van der Waals surface area (Å²) in [6.07, 6.45) is 4.88. The van der Waals surface area contributed by atoms with Gasteiger partial charge in [-0.1, -0.05) is 0 Å². The molecule has 1 fully saturated rings. The molecule has 0 bridgehead atoms. The number of carbonyl (C=O) groups is 2. The lowest BCUT2D eigenvalue weighted by Gasteiger charge is -2.40. The first kappa shape index (κ1) is 16.4. The summed E-state index contributed by atoms with van der Waals surface area (Å²) < 4.78 is 1.92. The average Bonchev–Trinajstić information content (AvgIpc) is 3.30. The highest BCUT2D eigenvalue weighted by atomic mass is 16.4. The zero-order chi connectivity index (χ0) is 18.6. The molecule has 2 amide bonds. The first-order valence-electron chi connectivity index (χ1n) is 8.65. The highest BCUT2D eigenvalue weighted by molar-refractivity contribution is 6.04. The quantitative estimate of drug-likeness (QED) is 0.806. The van der Waals surface area contributed by atoms with Gasteiger partial charge >= 0.3 is 6.09 Å². The number of nitrogens with zero attached hydrogens (tertiary/aromatic N) is 4. The fraction of sp³-hybridized carbons (Fsp3) is 0.389. The number of aromatic nitrogens is 2. The minimum Gasteiger partial charge on any atom is -0.465 e. The molecular formula is C18H21N5O3. The van der Waals surface area contributed by atoms with Crippen LogP contribution in [0.3, 0.4) is 0 Å². The Kier molecular flexibility index (Phi) is 3.64. The molecule has 136 valence electrons. The van der Waals surface area contributed by atoms with E-state index in [4.69, 9.17) is 5.73 Å². The Hall–Kier alpha value is -3.03. The fourth-order valence-corrected chi connectivity index (χ4v) is 3.61. The van der Waals surface area contributed by atoms with Crippen LogP contribution >= 0.6 is 0 Å². The Labute approximate surface area is 150 Å². The third-order valence-electron chi connectivity index (χ3n) is 4.99. The van der Waals surface area contributed by atoms with E-state index < -0.39 is 6.09 Å². The molecule has 0 radical (unpaired) electrons. The fourth-order valence-electron chi connectivity index (χ4n) is 3.61. The standard InChI is InChI=1S/C18H21N5O3/c1-10-8-21(18(25)26)16-5-14(12-7-20-22(9-12)13-3-4-13)15(19)6-17(16)23(10)11(2)24/h5-7,9-10,13H,3-4,8,19H2,1-2H3,(H,25,26)/t10-/m0/s1. The molecule has 0 unspecified atom stereocenters.